The van der Waals surface area contributed by atoms with Gasteiger partial charge in [-0.05, 0) is 30.3 Å². The fraction of sp³-hybridized carbons (Fsp3) is 0.0714. The molecule has 21 heavy (non-hydrogen) atoms. The van der Waals surface area contributed by atoms with Crippen molar-refractivity contribution in [2.75, 3.05) is 0 Å². The summed E-state index contributed by atoms with van der Waals surface area (Å²) in [4.78, 5) is 0. The molecule has 0 saturated heterocycles. The van der Waals surface area contributed by atoms with E-state index in [1.165, 1.54) is 18.2 Å². The molecule has 2 N–H and O–H groups in total. The highest BCUT2D eigenvalue weighted by Crippen LogP contribution is 2.15. The Morgan fingerprint density at radius 3 is 2.52 bits per heavy atom. The van der Waals surface area contributed by atoms with Crippen LogP contribution in [0.5, 0.6) is 5.75 Å². The van der Waals surface area contributed by atoms with Gasteiger partial charge in [-0.25, -0.2) is 8.78 Å². The van der Waals surface area contributed by atoms with E-state index in [1.807, 2.05) is 6.07 Å². The summed E-state index contributed by atoms with van der Waals surface area (Å²) in [5.74, 6) is -1.22. The molecule has 0 unspecified atom stereocenters. The predicted octanol–water partition coefficient (Wildman–Crippen LogP) is 1.10. The Labute approximate surface area is 120 Å². The van der Waals surface area contributed by atoms with Crippen LogP contribution in [-0.4, -0.2) is 17.2 Å². The molecule has 0 aliphatic rings. The lowest BCUT2D eigenvalue weighted by Gasteiger charge is -2.11. The summed E-state index contributed by atoms with van der Waals surface area (Å²) in [7, 11) is -1.90. The first-order valence-corrected chi connectivity index (χ1v) is 5.98. The molecular weight excluding hydrogens is 279 g/mol. The van der Waals surface area contributed by atoms with Crippen molar-refractivity contribution in [2.45, 2.75) is 6.61 Å². The highest BCUT2D eigenvalue weighted by Gasteiger charge is 2.18. The minimum atomic E-state index is -1.90. The molecule has 106 valence electrons. The Morgan fingerprint density at radius 1 is 1.14 bits per heavy atom. The van der Waals surface area contributed by atoms with Crippen LogP contribution in [0.1, 0.15) is 11.1 Å². The molecule has 0 amide bonds. The predicted molar refractivity (Wildman–Crippen MR) is 71.7 cm³/mol. The minimum absolute atomic E-state index is 0.0372. The summed E-state index contributed by atoms with van der Waals surface area (Å²) in [6, 6.07) is 8.97. The van der Waals surface area contributed by atoms with Crippen molar-refractivity contribution in [1.82, 2.24) is 0 Å². The molecule has 0 aliphatic carbocycles. The highest BCUT2D eigenvalue weighted by atomic mass is 19.1. The Hall–Kier alpha value is -2.43. The fourth-order valence-electron chi connectivity index (χ4n) is 1.74. The van der Waals surface area contributed by atoms with Gasteiger partial charge in [-0.1, -0.05) is 6.07 Å². The normalized spacial score (nSPS) is 10.0. The number of halogens is 2. The van der Waals surface area contributed by atoms with E-state index < -0.39 is 18.8 Å². The molecule has 7 heteroatoms. The zero-order chi connectivity index (χ0) is 15.4. The summed E-state index contributed by atoms with van der Waals surface area (Å²) >= 11 is 0. The van der Waals surface area contributed by atoms with E-state index in [-0.39, 0.29) is 28.9 Å². The maximum atomic E-state index is 13.7. The van der Waals surface area contributed by atoms with Crippen molar-refractivity contribution in [3.63, 3.8) is 0 Å². The molecule has 0 radical (unpaired) electrons. The largest absolute Gasteiger partial charge is 0.492 e. The molecule has 2 aromatic carbocycles. The number of hydrogen-bond donors (Lipinski definition) is 2. The van der Waals surface area contributed by atoms with Gasteiger partial charge < -0.3 is 14.8 Å². The Kier molecular flexibility index (Phi) is 4.53. The van der Waals surface area contributed by atoms with Gasteiger partial charge in [0, 0.05) is 11.0 Å². The van der Waals surface area contributed by atoms with Crippen molar-refractivity contribution >= 4 is 12.6 Å². The lowest BCUT2D eigenvalue weighted by Crippen LogP contribution is -2.31. The average Bonchev–Trinajstić information content (AvgIpc) is 2.46. The molecular formula is C14H10BF2NO3. The lowest BCUT2D eigenvalue weighted by molar-refractivity contribution is 0.300. The third kappa shape index (κ3) is 3.57. The van der Waals surface area contributed by atoms with Crippen LogP contribution in [0.15, 0.2) is 36.4 Å². The highest BCUT2D eigenvalue weighted by molar-refractivity contribution is 6.59. The molecule has 4 nitrogen and oxygen atoms in total. The molecule has 0 saturated carbocycles. The van der Waals surface area contributed by atoms with Gasteiger partial charge in [-0.2, -0.15) is 5.26 Å². The van der Waals surface area contributed by atoms with Crippen LogP contribution in [0.25, 0.3) is 0 Å². The maximum Gasteiger partial charge on any atom is 0.492 e. The first kappa shape index (κ1) is 15.0. The van der Waals surface area contributed by atoms with Gasteiger partial charge in [0.05, 0.1) is 11.6 Å². The van der Waals surface area contributed by atoms with Crippen LogP contribution >= 0.6 is 0 Å². The summed E-state index contributed by atoms with van der Waals surface area (Å²) < 4.78 is 32.0. The smallest absolute Gasteiger partial charge is 0.489 e. The maximum absolute atomic E-state index is 13.7. The average molecular weight is 289 g/mol. The van der Waals surface area contributed by atoms with Crippen LogP contribution in [-0.2, 0) is 6.61 Å². The van der Waals surface area contributed by atoms with Crippen molar-refractivity contribution in [3.8, 4) is 11.8 Å². The van der Waals surface area contributed by atoms with Crippen molar-refractivity contribution < 1.29 is 23.6 Å². The van der Waals surface area contributed by atoms with E-state index in [0.29, 0.717) is 0 Å². The summed E-state index contributed by atoms with van der Waals surface area (Å²) in [5.41, 5.74) is 0.227. The molecule has 0 heterocycles. The van der Waals surface area contributed by atoms with Crippen LogP contribution < -0.4 is 10.2 Å². The Morgan fingerprint density at radius 2 is 1.90 bits per heavy atom. The van der Waals surface area contributed by atoms with Crippen molar-refractivity contribution in [2.24, 2.45) is 0 Å². The lowest BCUT2D eigenvalue weighted by atomic mass is 9.79. The zero-order valence-corrected chi connectivity index (χ0v) is 10.8. The molecule has 0 fully saturated rings. The number of ether oxygens (including phenoxy) is 1. The Bertz CT molecular complexity index is 701. The van der Waals surface area contributed by atoms with Crippen molar-refractivity contribution in [1.29, 1.82) is 5.26 Å². The van der Waals surface area contributed by atoms with E-state index in [2.05, 4.69) is 0 Å². The van der Waals surface area contributed by atoms with Crippen LogP contribution in [0.3, 0.4) is 0 Å². The van der Waals surface area contributed by atoms with E-state index in [0.717, 1.165) is 18.2 Å². The van der Waals surface area contributed by atoms with Gasteiger partial charge in [0.15, 0.2) is 0 Å². The van der Waals surface area contributed by atoms with Gasteiger partial charge in [0.1, 0.15) is 24.0 Å². The molecule has 2 rings (SSSR count). The summed E-state index contributed by atoms with van der Waals surface area (Å²) in [6.45, 7) is -0.192. The van der Waals surface area contributed by atoms with Gasteiger partial charge in [0.2, 0.25) is 0 Å². The zero-order valence-electron chi connectivity index (χ0n) is 10.8. The van der Waals surface area contributed by atoms with Crippen LogP contribution in [0, 0.1) is 23.0 Å². The molecule has 0 aliphatic heterocycles. The van der Waals surface area contributed by atoms with Gasteiger partial charge in [-0.15, -0.1) is 0 Å². The van der Waals surface area contributed by atoms with Crippen LogP contribution in [0.4, 0.5) is 8.78 Å². The second kappa shape index (κ2) is 6.35. The summed E-state index contributed by atoms with van der Waals surface area (Å²) in [5, 5.41) is 26.9. The third-order valence-electron chi connectivity index (χ3n) is 2.82. The first-order valence-electron chi connectivity index (χ1n) is 5.98. The molecule has 0 atom stereocenters. The quantitative estimate of drug-likeness (QED) is 0.826. The topological polar surface area (TPSA) is 73.5 Å². The second-order valence-corrected chi connectivity index (χ2v) is 4.26. The molecule has 0 aromatic heterocycles. The minimum Gasteiger partial charge on any atom is -0.489 e. The second-order valence-electron chi connectivity index (χ2n) is 4.26. The standard InChI is InChI=1S/C14H10BF2NO3/c16-11-3-4-14(12(6-11)15(19)20)21-8-10-2-1-9(7-18)5-13(10)17/h1-6,19-20H,8H2. The number of nitrogens with zero attached hydrogens (tertiary/aromatic N) is 1. The van der Waals surface area contributed by atoms with E-state index in [1.54, 1.807) is 0 Å². The van der Waals surface area contributed by atoms with Gasteiger partial charge >= 0.3 is 7.12 Å². The third-order valence-corrected chi connectivity index (χ3v) is 2.82. The van der Waals surface area contributed by atoms with Gasteiger partial charge in [0.25, 0.3) is 0 Å². The fourth-order valence-corrected chi connectivity index (χ4v) is 1.74. The SMILES string of the molecule is N#Cc1ccc(COc2ccc(F)cc2B(O)O)c(F)c1. The molecule has 2 aromatic rings. The van der Waals surface area contributed by atoms with Crippen molar-refractivity contribution in [3.05, 3.63) is 59.2 Å². The number of benzene rings is 2. The van der Waals surface area contributed by atoms with E-state index in [4.69, 9.17) is 20.0 Å². The monoisotopic (exact) mass is 289 g/mol. The van der Waals surface area contributed by atoms with E-state index >= 15 is 0 Å². The van der Waals surface area contributed by atoms with Crippen LogP contribution in [0.2, 0.25) is 0 Å². The Balaban J connectivity index is 2.19. The molecule has 0 bridgehead atoms. The molecule has 0 spiro atoms. The summed E-state index contributed by atoms with van der Waals surface area (Å²) in [6.07, 6.45) is 0. The number of nitriles is 1. The first-order chi connectivity index (χ1) is 10.0. The number of rotatable bonds is 4. The van der Waals surface area contributed by atoms with E-state index in [9.17, 15) is 8.78 Å². The number of hydrogen-bond acceptors (Lipinski definition) is 4. The van der Waals surface area contributed by atoms with Gasteiger partial charge in [-0.3, -0.25) is 0 Å².